The predicted molar refractivity (Wildman–Crippen MR) is 113 cm³/mol. The molecule has 2 aromatic carbocycles. The zero-order chi connectivity index (χ0) is 21.9. The molecule has 0 N–H and O–H groups in total. The fourth-order valence-corrected chi connectivity index (χ4v) is 5.15. The summed E-state index contributed by atoms with van der Waals surface area (Å²) in [5.41, 5.74) is 1.19. The van der Waals surface area contributed by atoms with Gasteiger partial charge >= 0.3 is 0 Å². The van der Waals surface area contributed by atoms with Gasteiger partial charge in [0.1, 0.15) is 0 Å². The molecule has 1 aliphatic heterocycles. The average Bonchev–Trinajstić information content (AvgIpc) is 2.73. The molecular weight excluding hydrogens is 430 g/mol. The van der Waals surface area contributed by atoms with Gasteiger partial charge in [-0.1, -0.05) is 29.8 Å². The monoisotopic (exact) mass is 451 g/mol. The van der Waals surface area contributed by atoms with Crippen LogP contribution in [0.3, 0.4) is 0 Å². The number of rotatable bonds is 6. The number of hydrogen-bond acceptors (Lipinski definition) is 5. The van der Waals surface area contributed by atoms with E-state index in [0.29, 0.717) is 23.4 Å². The Balaban J connectivity index is 1.61. The van der Waals surface area contributed by atoms with Gasteiger partial charge < -0.3 is 4.90 Å². The number of carbonyl (C=O) groups excluding carboxylic acids is 1. The lowest BCUT2D eigenvalue weighted by Crippen LogP contribution is -2.50. The first kappa shape index (κ1) is 22.2. The van der Waals surface area contributed by atoms with Gasteiger partial charge in [0.25, 0.3) is 5.69 Å². The van der Waals surface area contributed by atoms with Crippen molar-refractivity contribution in [3.05, 3.63) is 68.7 Å². The number of piperazine rings is 1. The molecule has 8 nitrogen and oxygen atoms in total. The molecule has 1 heterocycles. The third-order valence-electron chi connectivity index (χ3n) is 5.13. The maximum absolute atomic E-state index is 13.0. The minimum atomic E-state index is -3.88. The number of aryl methyl sites for hydroxylation is 2. The molecule has 0 unspecified atom stereocenters. The van der Waals surface area contributed by atoms with Crippen LogP contribution in [-0.4, -0.2) is 54.6 Å². The van der Waals surface area contributed by atoms with Crippen molar-refractivity contribution in [1.82, 2.24) is 9.21 Å². The summed E-state index contributed by atoms with van der Waals surface area (Å²) in [7, 11) is -3.88. The Labute approximate surface area is 180 Å². The van der Waals surface area contributed by atoms with Crippen molar-refractivity contribution in [3.63, 3.8) is 0 Å². The summed E-state index contributed by atoms with van der Waals surface area (Å²) in [4.78, 5) is 24.5. The lowest BCUT2D eigenvalue weighted by molar-refractivity contribution is -0.385. The largest absolute Gasteiger partial charge is 0.340 e. The van der Waals surface area contributed by atoms with Crippen molar-refractivity contribution < 1.29 is 18.1 Å². The summed E-state index contributed by atoms with van der Waals surface area (Å²) < 4.78 is 27.3. The molecule has 160 valence electrons. The Morgan fingerprint density at radius 2 is 1.73 bits per heavy atom. The lowest BCUT2D eigenvalue weighted by atomic mass is 10.1. The summed E-state index contributed by atoms with van der Waals surface area (Å²) >= 11 is 5.86. The summed E-state index contributed by atoms with van der Waals surface area (Å²) in [6, 6.07) is 11.1. The zero-order valence-electron chi connectivity index (χ0n) is 16.5. The Morgan fingerprint density at radius 1 is 1.10 bits per heavy atom. The second-order valence-electron chi connectivity index (χ2n) is 7.12. The molecule has 0 spiro atoms. The van der Waals surface area contributed by atoms with Gasteiger partial charge in [-0.25, -0.2) is 8.42 Å². The highest BCUT2D eigenvalue weighted by molar-refractivity contribution is 7.89. The van der Waals surface area contributed by atoms with E-state index >= 15 is 0 Å². The van der Waals surface area contributed by atoms with Crippen LogP contribution in [0.15, 0.2) is 47.4 Å². The van der Waals surface area contributed by atoms with Gasteiger partial charge in [-0.2, -0.15) is 4.31 Å². The van der Waals surface area contributed by atoms with Crippen LogP contribution in [0.2, 0.25) is 5.02 Å². The Kier molecular flexibility index (Phi) is 6.74. The van der Waals surface area contributed by atoms with Crippen molar-refractivity contribution in [2.75, 3.05) is 26.2 Å². The molecule has 0 aromatic heterocycles. The van der Waals surface area contributed by atoms with E-state index in [0.717, 1.165) is 11.6 Å². The molecule has 0 radical (unpaired) electrons. The number of nitro benzene ring substituents is 1. The molecule has 0 saturated carbocycles. The highest BCUT2D eigenvalue weighted by atomic mass is 35.5. The molecule has 3 rings (SSSR count). The molecule has 1 saturated heterocycles. The average molecular weight is 452 g/mol. The number of nitro groups is 1. The van der Waals surface area contributed by atoms with Crippen LogP contribution in [0.1, 0.15) is 17.5 Å². The van der Waals surface area contributed by atoms with Crippen molar-refractivity contribution in [3.8, 4) is 0 Å². The maximum atomic E-state index is 13.0. The van der Waals surface area contributed by atoms with Crippen LogP contribution in [0.25, 0.3) is 0 Å². The highest BCUT2D eigenvalue weighted by Crippen LogP contribution is 2.25. The second kappa shape index (κ2) is 9.11. The van der Waals surface area contributed by atoms with Crippen LogP contribution >= 0.6 is 11.6 Å². The van der Waals surface area contributed by atoms with Crippen LogP contribution in [0.4, 0.5) is 5.69 Å². The lowest BCUT2D eigenvalue weighted by Gasteiger charge is -2.34. The number of hydrogen-bond donors (Lipinski definition) is 0. The summed E-state index contributed by atoms with van der Waals surface area (Å²) in [6.07, 6.45) is 0.916. The Bertz CT molecular complexity index is 1050. The Morgan fingerprint density at radius 3 is 2.33 bits per heavy atom. The van der Waals surface area contributed by atoms with E-state index in [1.807, 2.05) is 12.1 Å². The standard InChI is InChI=1S/C20H22ClN3O5S/c1-15-2-8-18(24(26)27)14-19(15)30(28,29)23-12-10-22(11-13-23)20(25)9-5-16-3-6-17(21)7-4-16/h2-4,6-8,14H,5,9-13H2,1H3. The first-order chi connectivity index (χ1) is 14.2. The zero-order valence-corrected chi connectivity index (χ0v) is 18.0. The SMILES string of the molecule is Cc1ccc([N+](=O)[O-])cc1S(=O)(=O)N1CCN(C(=O)CCc2ccc(Cl)cc2)CC1. The van der Waals surface area contributed by atoms with Gasteiger partial charge in [-0.15, -0.1) is 0 Å². The van der Waals surface area contributed by atoms with Crippen molar-refractivity contribution in [2.24, 2.45) is 0 Å². The van der Waals surface area contributed by atoms with Gasteiger partial charge in [0.05, 0.1) is 9.82 Å². The first-order valence-corrected chi connectivity index (χ1v) is 11.3. The van der Waals surface area contributed by atoms with E-state index in [-0.39, 0.29) is 42.7 Å². The van der Waals surface area contributed by atoms with E-state index in [1.54, 1.807) is 24.0 Å². The number of amides is 1. The third kappa shape index (κ3) is 4.97. The van der Waals surface area contributed by atoms with E-state index in [4.69, 9.17) is 11.6 Å². The molecule has 10 heteroatoms. The van der Waals surface area contributed by atoms with Gasteiger partial charge in [0, 0.05) is 49.8 Å². The number of carbonyl (C=O) groups is 1. The summed E-state index contributed by atoms with van der Waals surface area (Å²) in [6.45, 7) is 2.47. The van der Waals surface area contributed by atoms with Gasteiger partial charge in [0.2, 0.25) is 15.9 Å². The number of benzene rings is 2. The van der Waals surface area contributed by atoms with Crippen LogP contribution in [0.5, 0.6) is 0 Å². The number of non-ortho nitro benzene ring substituents is 1. The minimum Gasteiger partial charge on any atom is -0.340 e. The topological polar surface area (TPSA) is 101 Å². The summed E-state index contributed by atoms with van der Waals surface area (Å²) in [5, 5.41) is 11.7. The van der Waals surface area contributed by atoms with E-state index < -0.39 is 14.9 Å². The quantitative estimate of drug-likeness (QED) is 0.496. The van der Waals surface area contributed by atoms with Crippen molar-refractivity contribution in [2.45, 2.75) is 24.7 Å². The van der Waals surface area contributed by atoms with E-state index in [1.165, 1.54) is 16.4 Å². The molecule has 0 atom stereocenters. The molecular formula is C20H22ClN3O5S. The molecule has 1 fully saturated rings. The van der Waals surface area contributed by atoms with Crippen LogP contribution in [-0.2, 0) is 21.2 Å². The van der Waals surface area contributed by atoms with Crippen LogP contribution in [0, 0.1) is 17.0 Å². The molecule has 0 aliphatic carbocycles. The molecule has 2 aromatic rings. The predicted octanol–water partition coefficient (Wildman–Crippen LogP) is 3.02. The van der Waals surface area contributed by atoms with Crippen molar-refractivity contribution >= 4 is 33.2 Å². The number of nitrogens with zero attached hydrogens (tertiary/aromatic N) is 3. The normalized spacial score (nSPS) is 15.2. The maximum Gasteiger partial charge on any atom is 0.270 e. The van der Waals surface area contributed by atoms with E-state index in [2.05, 4.69) is 0 Å². The molecule has 1 amide bonds. The number of sulfonamides is 1. The fourth-order valence-electron chi connectivity index (χ4n) is 3.36. The minimum absolute atomic E-state index is 0.0338. The van der Waals surface area contributed by atoms with Crippen LogP contribution < -0.4 is 0 Å². The highest BCUT2D eigenvalue weighted by Gasteiger charge is 2.32. The molecule has 30 heavy (non-hydrogen) atoms. The van der Waals surface area contributed by atoms with Gasteiger partial charge in [0.15, 0.2) is 0 Å². The Hall–Kier alpha value is -2.49. The second-order valence-corrected chi connectivity index (χ2v) is 9.46. The van der Waals surface area contributed by atoms with Gasteiger partial charge in [-0.05, 0) is 36.6 Å². The fraction of sp³-hybridized carbons (Fsp3) is 0.350. The molecule has 1 aliphatic rings. The van der Waals surface area contributed by atoms with Crippen molar-refractivity contribution in [1.29, 1.82) is 0 Å². The summed E-state index contributed by atoms with van der Waals surface area (Å²) in [5.74, 6) is -0.0338. The van der Waals surface area contributed by atoms with Gasteiger partial charge in [-0.3, -0.25) is 14.9 Å². The first-order valence-electron chi connectivity index (χ1n) is 9.46. The smallest absolute Gasteiger partial charge is 0.270 e. The van der Waals surface area contributed by atoms with E-state index in [9.17, 15) is 23.3 Å². The molecule has 0 bridgehead atoms. The number of halogens is 1. The third-order valence-corrected chi connectivity index (χ3v) is 7.43.